The van der Waals surface area contributed by atoms with E-state index in [1.165, 1.54) is 17.7 Å². The zero-order valence-electron chi connectivity index (χ0n) is 16.2. The van der Waals surface area contributed by atoms with Gasteiger partial charge >= 0.3 is 0 Å². The van der Waals surface area contributed by atoms with E-state index in [-0.39, 0.29) is 22.6 Å². The molecule has 0 aromatic heterocycles. The zero-order chi connectivity index (χ0) is 19.8. The number of ether oxygens (including phenoxy) is 2. The van der Waals surface area contributed by atoms with Gasteiger partial charge in [0.05, 0.1) is 30.9 Å². The lowest BCUT2D eigenvalue weighted by Crippen LogP contribution is -2.41. The molecule has 2 aromatic rings. The summed E-state index contributed by atoms with van der Waals surface area (Å²) in [6.45, 7) is 1.94. The lowest BCUT2D eigenvalue weighted by molar-refractivity contribution is -0.384. The van der Waals surface area contributed by atoms with Crippen LogP contribution in [0, 0.1) is 10.1 Å². The Morgan fingerprint density at radius 1 is 1.14 bits per heavy atom. The molecule has 0 spiro atoms. The van der Waals surface area contributed by atoms with Crippen LogP contribution in [-0.4, -0.2) is 55.9 Å². The molecule has 1 saturated heterocycles. The number of likely N-dealkylation sites (N-methyl/N-ethyl adjacent to an activating group) is 1. The van der Waals surface area contributed by atoms with E-state index in [0.29, 0.717) is 11.5 Å². The van der Waals surface area contributed by atoms with Crippen molar-refractivity contribution in [3.63, 3.8) is 0 Å². The molecule has 0 radical (unpaired) electrons. The first-order valence-corrected chi connectivity index (χ1v) is 9.29. The van der Waals surface area contributed by atoms with Gasteiger partial charge in [0.25, 0.3) is 5.69 Å². The minimum absolute atomic E-state index is 0.0739. The van der Waals surface area contributed by atoms with E-state index in [1.807, 2.05) is 6.07 Å². The molecule has 0 bridgehead atoms. The van der Waals surface area contributed by atoms with Crippen molar-refractivity contribution in [2.24, 2.45) is 4.99 Å². The summed E-state index contributed by atoms with van der Waals surface area (Å²) in [5, 5.41) is 11.0. The zero-order valence-corrected chi connectivity index (χ0v) is 16.2. The Kier molecular flexibility index (Phi) is 4.77. The monoisotopic (exact) mass is 381 g/mol. The fourth-order valence-corrected chi connectivity index (χ4v) is 4.18. The van der Waals surface area contributed by atoms with Crippen LogP contribution >= 0.6 is 0 Å². The van der Waals surface area contributed by atoms with Gasteiger partial charge in [-0.15, -0.1) is 0 Å². The molecule has 1 fully saturated rings. The van der Waals surface area contributed by atoms with Gasteiger partial charge in [0, 0.05) is 35.7 Å². The molecule has 7 nitrogen and oxygen atoms in total. The third-order valence-electron chi connectivity index (χ3n) is 5.64. The number of non-ortho nitro benzene ring substituents is 1. The minimum atomic E-state index is -0.388. The van der Waals surface area contributed by atoms with Gasteiger partial charge in [0.2, 0.25) is 0 Å². The van der Waals surface area contributed by atoms with Gasteiger partial charge in [-0.3, -0.25) is 15.1 Å². The molecular formula is C21H23N3O4. The number of aliphatic imine (C=N–C) groups is 1. The Hall–Kier alpha value is -2.93. The van der Waals surface area contributed by atoms with E-state index in [0.717, 1.165) is 36.3 Å². The molecule has 2 atom stereocenters. The van der Waals surface area contributed by atoms with E-state index in [9.17, 15) is 10.1 Å². The van der Waals surface area contributed by atoms with Crippen molar-refractivity contribution < 1.29 is 14.4 Å². The highest BCUT2D eigenvalue weighted by molar-refractivity contribution is 6.15. The molecule has 0 saturated carbocycles. The van der Waals surface area contributed by atoms with Crippen molar-refractivity contribution in [1.82, 2.24) is 4.90 Å². The SMILES string of the molecule is COc1cc2c(cc1OC)[C@@H]1CN(C)CC[C@@H]1N=C2c1ccc([N+](=O)[O-])cc1. The molecule has 0 N–H and O–H groups in total. The number of piperidine rings is 1. The maximum atomic E-state index is 11.0. The first-order valence-electron chi connectivity index (χ1n) is 9.29. The first kappa shape index (κ1) is 18.4. The number of likely N-dealkylation sites (tertiary alicyclic amines) is 1. The van der Waals surface area contributed by atoms with Crippen LogP contribution in [0.3, 0.4) is 0 Å². The maximum absolute atomic E-state index is 11.0. The van der Waals surface area contributed by atoms with E-state index in [1.54, 1.807) is 26.4 Å². The van der Waals surface area contributed by atoms with Crippen molar-refractivity contribution >= 4 is 11.4 Å². The van der Waals surface area contributed by atoms with Crippen LogP contribution in [-0.2, 0) is 0 Å². The normalized spacial score (nSPS) is 21.3. The van der Waals surface area contributed by atoms with Crippen LogP contribution in [0.1, 0.15) is 29.0 Å². The summed E-state index contributed by atoms with van der Waals surface area (Å²) in [5.74, 6) is 1.65. The molecule has 0 amide bonds. The van der Waals surface area contributed by atoms with Crippen LogP contribution in [0.15, 0.2) is 41.4 Å². The number of fused-ring (bicyclic) bond motifs is 3. The molecule has 2 heterocycles. The fourth-order valence-electron chi connectivity index (χ4n) is 4.18. The Labute approximate surface area is 163 Å². The van der Waals surface area contributed by atoms with Gasteiger partial charge in [-0.25, -0.2) is 0 Å². The second kappa shape index (κ2) is 7.24. The largest absolute Gasteiger partial charge is 0.493 e. The maximum Gasteiger partial charge on any atom is 0.269 e. The van der Waals surface area contributed by atoms with Gasteiger partial charge in [0.15, 0.2) is 11.5 Å². The standard InChI is InChI=1S/C21H23N3O4/c1-23-9-8-18-17(12-23)15-10-19(27-2)20(28-3)11-16(15)21(22-18)13-4-6-14(7-5-13)24(25)26/h4-7,10-11,17-18H,8-9,12H2,1-3H3/t17-,18-/m0/s1. The second-order valence-corrected chi connectivity index (χ2v) is 7.30. The van der Waals surface area contributed by atoms with Crippen molar-refractivity contribution in [1.29, 1.82) is 0 Å². The summed E-state index contributed by atoms with van der Waals surface area (Å²) in [5.41, 5.74) is 4.00. The summed E-state index contributed by atoms with van der Waals surface area (Å²) < 4.78 is 11.1. The van der Waals surface area contributed by atoms with E-state index in [2.05, 4.69) is 18.0 Å². The molecule has 4 rings (SSSR count). The summed E-state index contributed by atoms with van der Waals surface area (Å²) in [6.07, 6.45) is 0.978. The van der Waals surface area contributed by atoms with E-state index >= 15 is 0 Å². The molecular weight excluding hydrogens is 358 g/mol. The highest BCUT2D eigenvalue weighted by Gasteiger charge is 2.36. The minimum Gasteiger partial charge on any atom is -0.493 e. The van der Waals surface area contributed by atoms with E-state index < -0.39 is 0 Å². The molecule has 28 heavy (non-hydrogen) atoms. The average Bonchev–Trinajstić information content (AvgIpc) is 2.72. The van der Waals surface area contributed by atoms with Gasteiger partial charge in [-0.05, 0) is 49.8 Å². The molecule has 146 valence electrons. The Morgan fingerprint density at radius 2 is 1.82 bits per heavy atom. The number of rotatable bonds is 4. The number of hydrogen-bond donors (Lipinski definition) is 0. The van der Waals surface area contributed by atoms with Crippen molar-refractivity contribution in [2.45, 2.75) is 18.4 Å². The van der Waals surface area contributed by atoms with Crippen molar-refractivity contribution in [3.05, 3.63) is 63.2 Å². The summed E-state index contributed by atoms with van der Waals surface area (Å²) in [7, 11) is 5.39. The molecule has 7 heteroatoms. The third-order valence-corrected chi connectivity index (χ3v) is 5.64. The molecule has 2 aliphatic rings. The molecule has 2 aromatic carbocycles. The van der Waals surface area contributed by atoms with Gasteiger partial charge in [-0.2, -0.15) is 0 Å². The Bertz CT molecular complexity index is 939. The van der Waals surface area contributed by atoms with Crippen molar-refractivity contribution in [3.8, 4) is 11.5 Å². The fraction of sp³-hybridized carbons (Fsp3) is 0.381. The highest BCUT2D eigenvalue weighted by atomic mass is 16.6. The van der Waals surface area contributed by atoms with Gasteiger partial charge < -0.3 is 14.4 Å². The predicted molar refractivity (Wildman–Crippen MR) is 107 cm³/mol. The van der Waals surface area contributed by atoms with Crippen molar-refractivity contribution in [2.75, 3.05) is 34.4 Å². The number of nitrogens with zero attached hydrogens (tertiary/aromatic N) is 3. The third kappa shape index (κ3) is 3.11. The number of nitro benzene ring substituents is 1. The molecule has 0 unspecified atom stereocenters. The topological polar surface area (TPSA) is 77.2 Å². The number of methoxy groups -OCH3 is 2. The van der Waals surface area contributed by atoms with Crippen LogP contribution < -0.4 is 9.47 Å². The Morgan fingerprint density at radius 3 is 2.46 bits per heavy atom. The van der Waals surface area contributed by atoms with Crippen LogP contribution in [0.2, 0.25) is 0 Å². The van der Waals surface area contributed by atoms with Gasteiger partial charge in [0.1, 0.15) is 0 Å². The Balaban J connectivity index is 1.86. The highest BCUT2D eigenvalue weighted by Crippen LogP contribution is 2.42. The average molecular weight is 381 g/mol. The predicted octanol–water partition coefficient (Wildman–Crippen LogP) is 3.25. The number of nitro groups is 1. The molecule has 0 aliphatic carbocycles. The number of benzene rings is 2. The van der Waals surface area contributed by atoms with E-state index in [4.69, 9.17) is 14.5 Å². The van der Waals surface area contributed by atoms with Crippen LogP contribution in [0.25, 0.3) is 0 Å². The van der Waals surface area contributed by atoms with Crippen LogP contribution in [0.5, 0.6) is 11.5 Å². The smallest absolute Gasteiger partial charge is 0.269 e. The quantitative estimate of drug-likeness (QED) is 0.600. The lowest BCUT2D eigenvalue weighted by atomic mass is 9.79. The summed E-state index contributed by atoms with van der Waals surface area (Å²) in [6, 6.07) is 10.8. The number of hydrogen-bond acceptors (Lipinski definition) is 6. The lowest BCUT2D eigenvalue weighted by Gasteiger charge is -2.39. The van der Waals surface area contributed by atoms with Crippen LogP contribution in [0.4, 0.5) is 5.69 Å². The summed E-state index contributed by atoms with van der Waals surface area (Å²) in [4.78, 5) is 18.0. The summed E-state index contributed by atoms with van der Waals surface area (Å²) >= 11 is 0. The van der Waals surface area contributed by atoms with Gasteiger partial charge in [-0.1, -0.05) is 0 Å². The second-order valence-electron chi connectivity index (χ2n) is 7.30. The first-order chi connectivity index (χ1) is 13.5. The molecule has 2 aliphatic heterocycles.